The van der Waals surface area contributed by atoms with Gasteiger partial charge in [-0.25, -0.2) is 0 Å². The van der Waals surface area contributed by atoms with Crippen LogP contribution in [0.3, 0.4) is 0 Å². The normalized spacial score (nSPS) is 10.2. The van der Waals surface area contributed by atoms with Crippen LogP contribution in [0.15, 0.2) is 42.7 Å². The largest absolute Gasteiger partial charge is 0.366 e. The molecule has 2 aromatic rings. The van der Waals surface area contributed by atoms with Gasteiger partial charge in [0.05, 0.1) is 0 Å². The van der Waals surface area contributed by atoms with E-state index in [1.165, 1.54) is 5.56 Å². The highest BCUT2D eigenvalue weighted by Gasteiger charge is 1.99. The Morgan fingerprint density at radius 1 is 1.31 bits per heavy atom. The number of carbonyl (C=O) groups is 1. The molecule has 2 rings (SSSR count). The van der Waals surface area contributed by atoms with E-state index in [0.29, 0.717) is 5.56 Å². The summed E-state index contributed by atoms with van der Waals surface area (Å²) in [4.78, 5) is 10.9. The number of primary amides is 1. The van der Waals surface area contributed by atoms with Crippen LogP contribution in [-0.4, -0.2) is 15.7 Å². The first-order chi connectivity index (χ1) is 7.75. The Hall–Kier alpha value is -2.10. The lowest BCUT2D eigenvalue weighted by Gasteiger charge is -2.02. The van der Waals surface area contributed by atoms with Gasteiger partial charge in [-0.05, 0) is 30.2 Å². The Bertz CT molecular complexity index is 460. The van der Waals surface area contributed by atoms with E-state index in [2.05, 4.69) is 5.10 Å². The molecule has 0 atom stereocenters. The van der Waals surface area contributed by atoms with Crippen molar-refractivity contribution >= 4 is 5.91 Å². The van der Waals surface area contributed by atoms with Crippen molar-refractivity contribution in [1.82, 2.24) is 9.78 Å². The molecule has 1 heterocycles. The van der Waals surface area contributed by atoms with E-state index in [4.69, 9.17) is 5.73 Å². The molecular weight excluding hydrogens is 202 g/mol. The standard InChI is InChI=1S/C12H13N3O/c13-12(16)11-4-2-10(3-5-11)6-9-15-8-1-7-14-15/h1-5,7-8H,6,9H2,(H2,13,16). The van der Waals surface area contributed by atoms with Crippen molar-refractivity contribution in [3.63, 3.8) is 0 Å². The van der Waals surface area contributed by atoms with Gasteiger partial charge in [0, 0.05) is 24.5 Å². The van der Waals surface area contributed by atoms with Crippen molar-refractivity contribution in [2.75, 3.05) is 0 Å². The van der Waals surface area contributed by atoms with Gasteiger partial charge >= 0.3 is 0 Å². The first-order valence-electron chi connectivity index (χ1n) is 5.12. The molecule has 0 aliphatic carbocycles. The van der Waals surface area contributed by atoms with E-state index >= 15 is 0 Å². The summed E-state index contributed by atoms with van der Waals surface area (Å²) in [6.45, 7) is 0.836. The molecule has 0 fully saturated rings. The van der Waals surface area contributed by atoms with Crippen LogP contribution in [0.5, 0.6) is 0 Å². The van der Waals surface area contributed by atoms with Gasteiger partial charge in [0.1, 0.15) is 0 Å². The van der Waals surface area contributed by atoms with Crippen molar-refractivity contribution in [3.05, 3.63) is 53.9 Å². The number of nitrogens with zero attached hydrogens (tertiary/aromatic N) is 2. The molecule has 0 aliphatic rings. The molecule has 1 amide bonds. The third kappa shape index (κ3) is 2.48. The van der Waals surface area contributed by atoms with Crippen molar-refractivity contribution in [2.24, 2.45) is 5.73 Å². The zero-order chi connectivity index (χ0) is 11.4. The molecule has 1 aromatic carbocycles. The molecule has 16 heavy (non-hydrogen) atoms. The maximum Gasteiger partial charge on any atom is 0.248 e. The highest BCUT2D eigenvalue weighted by molar-refractivity contribution is 5.92. The van der Waals surface area contributed by atoms with Crippen LogP contribution in [0.1, 0.15) is 15.9 Å². The van der Waals surface area contributed by atoms with E-state index in [-0.39, 0.29) is 0 Å². The molecule has 2 N–H and O–H groups in total. The zero-order valence-corrected chi connectivity index (χ0v) is 8.84. The lowest BCUT2D eigenvalue weighted by molar-refractivity contribution is 0.100. The van der Waals surface area contributed by atoms with Crippen molar-refractivity contribution in [1.29, 1.82) is 0 Å². The maximum absolute atomic E-state index is 10.9. The van der Waals surface area contributed by atoms with Crippen molar-refractivity contribution in [2.45, 2.75) is 13.0 Å². The van der Waals surface area contributed by atoms with Crippen molar-refractivity contribution < 1.29 is 4.79 Å². The fourth-order valence-electron chi connectivity index (χ4n) is 1.51. The summed E-state index contributed by atoms with van der Waals surface area (Å²) in [6, 6.07) is 9.24. The topological polar surface area (TPSA) is 60.9 Å². The van der Waals surface area contributed by atoms with Gasteiger partial charge in [-0.1, -0.05) is 12.1 Å². The zero-order valence-electron chi connectivity index (χ0n) is 8.84. The van der Waals surface area contributed by atoms with Gasteiger partial charge in [0.2, 0.25) is 5.91 Å². The van der Waals surface area contributed by atoms with Crippen LogP contribution in [0.25, 0.3) is 0 Å². The number of amides is 1. The quantitative estimate of drug-likeness (QED) is 0.833. The van der Waals surface area contributed by atoms with Gasteiger partial charge in [0.15, 0.2) is 0 Å². The molecule has 0 radical (unpaired) electrons. The maximum atomic E-state index is 10.9. The summed E-state index contributed by atoms with van der Waals surface area (Å²) < 4.78 is 1.88. The third-order valence-electron chi connectivity index (χ3n) is 2.43. The lowest BCUT2D eigenvalue weighted by Crippen LogP contribution is -2.10. The Morgan fingerprint density at radius 3 is 2.62 bits per heavy atom. The molecule has 4 heteroatoms. The van der Waals surface area contributed by atoms with Gasteiger partial charge in [-0.15, -0.1) is 0 Å². The van der Waals surface area contributed by atoms with Crippen LogP contribution >= 0.6 is 0 Å². The van der Waals surface area contributed by atoms with Gasteiger partial charge < -0.3 is 5.73 Å². The summed E-state index contributed by atoms with van der Waals surface area (Å²) in [6.07, 6.45) is 4.58. The molecule has 0 unspecified atom stereocenters. The minimum absolute atomic E-state index is 0.390. The van der Waals surface area contributed by atoms with Crippen LogP contribution in [0.4, 0.5) is 0 Å². The molecule has 82 valence electrons. The van der Waals surface area contributed by atoms with E-state index in [9.17, 15) is 4.79 Å². The molecule has 4 nitrogen and oxygen atoms in total. The summed E-state index contributed by atoms with van der Waals surface area (Å²) in [7, 11) is 0. The minimum Gasteiger partial charge on any atom is -0.366 e. The number of aromatic nitrogens is 2. The summed E-state index contributed by atoms with van der Waals surface area (Å²) >= 11 is 0. The first-order valence-corrected chi connectivity index (χ1v) is 5.12. The second-order valence-corrected chi connectivity index (χ2v) is 3.58. The lowest BCUT2D eigenvalue weighted by atomic mass is 10.1. The predicted octanol–water partition coefficient (Wildman–Crippen LogP) is 1.22. The van der Waals surface area contributed by atoms with Gasteiger partial charge in [-0.2, -0.15) is 5.10 Å². The second kappa shape index (κ2) is 4.61. The molecule has 0 aliphatic heterocycles. The molecule has 0 saturated heterocycles. The molecule has 0 bridgehead atoms. The first kappa shape index (κ1) is 10.4. The van der Waals surface area contributed by atoms with E-state index in [1.807, 2.05) is 29.1 Å². The summed E-state index contributed by atoms with van der Waals surface area (Å²) in [5.41, 5.74) is 6.87. The predicted molar refractivity (Wildman–Crippen MR) is 60.9 cm³/mol. The number of benzene rings is 1. The summed E-state index contributed by atoms with van der Waals surface area (Å²) in [5, 5.41) is 4.12. The Balaban J connectivity index is 1.98. The average Bonchev–Trinajstić information content (AvgIpc) is 2.80. The Morgan fingerprint density at radius 2 is 2.06 bits per heavy atom. The number of rotatable bonds is 4. The summed E-state index contributed by atoms with van der Waals surface area (Å²) in [5.74, 6) is -0.390. The minimum atomic E-state index is -0.390. The monoisotopic (exact) mass is 215 g/mol. The van der Waals surface area contributed by atoms with Crippen LogP contribution in [0.2, 0.25) is 0 Å². The molecule has 0 spiro atoms. The van der Waals surface area contributed by atoms with Crippen LogP contribution in [0, 0.1) is 0 Å². The average molecular weight is 215 g/mol. The van der Waals surface area contributed by atoms with E-state index < -0.39 is 5.91 Å². The van der Waals surface area contributed by atoms with Crippen LogP contribution < -0.4 is 5.73 Å². The third-order valence-corrected chi connectivity index (χ3v) is 2.43. The number of carbonyl (C=O) groups excluding carboxylic acids is 1. The number of hydrogen-bond acceptors (Lipinski definition) is 2. The Labute approximate surface area is 93.7 Å². The molecular formula is C12H13N3O. The molecule has 1 aromatic heterocycles. The SMILES string of the molecule is NC(=O)c1ccc(CCn2cccn2)cc1. The molecule has 0 saturated carbocycles. The van der Waals surface area contributed by atoms with Crippen molar-refractivity contribution in [3.8, 4) is 0 Å². The van der Waals surface area contributed by atoms with E-state index in [0.717, 1.165) is 13.0 Å². The highest BCUT2D eigenvalue weighted by atomic mass is 16.1. The number of aryl methyl sites for hydroxylation is 2. The second-order valence-electron chi connectivity index (χ2n) is 3.58. The fraction of sp³-hybridized carbons (Fsp3) is 0.167. The van der Waals surface area contributed by atoms with Gasteiger partial charge in [0.25, 0.3) is 0 Å². The van der Waals surface area contributed by atoms with Crippen LogP contribution in [-0.2, 0) is 13.0 Å². The number of nitrogens with two attached hydrogens (primary N) is 1. The highest BCUT2D eigenvalue weighted by Crippen LogP contribution is 2.05. The smallest absolute Gasteiger partial charge is 0.248 e. The fourth-order valence-corrected chi connectivity index (χ4v) is 1.51. The number of hydrogen-bond donors (Lipinski definition) is 1. The van der Waals surface area contributed by atoms with Gasteiger partial charge in [-0.3, -0.25) is 9.48 Å². The Kier molecular flexibility index (Phi) is 3.00. The van der Waals surface area contributed by atoms with E-state index in [1.54, 1.807) is 18.3 Å².